The van der Waals surface area contributed by atoms with Gasteiger partial charge in [0.05, 0.1) is 11.1 Å². The molecule has 0 aromatic carbocycles. The lowest BCUT2D eigenvalue weighted by Crippen LogP contribution is -2.20. The summed E-state index contributed by atoms with van der Waals surface area (Å²) in [5.41, 5.74) is 8.08. The molecule has 27 heavy (non-hydrogen) atoms. The van der Waals surface area contributed by atoms with Gasteiger partial charge in [-0.25, -0.2) is 4.99 Å². The maximum atomic E-state index is 11.8. The third-order valence-electron chi connectivity index (χ3n) is 3.48. The van der Waals surface area contributed by atoms with Crippen molar-refractivity contribution in [2.75, 3.05) is 0 Å². The molecule has 0 aliphatic rings. The van der Waals surface area contributed by atoms with E-state index in [0.29, 0.717) is 17.3 Å². The second-order valence-corrected chi connectivity index (χ2v) is 7.06. The van der Waals surface area contributed by atoms with Gasteiger partial charge in [-0.2, -0.15) is 0 Å². The summed E-state index contributed by atoms with van der Waals surface area (Å²) in [5, 5.41) is 6.39. The van der Waals surface area contributed by atoms with E-state index >= 15 is 0 Å². The van der Waals surface area contributed by atoms with E-state index in [1.165, 1.54) is 17.8 Å². The zero-order valence-electron chi connectivity index (χ0n) is 16.4. The van der Waals surface area contributed by atoms with E-state index in [0.717, 1.165) is 21.0 Å². The van der Waals surface area contributed by atoms with Crippen LogP contribution >= 0.6 is 11.8 Å². The lowest BCUT2D eigenvalue weighted by molar-refractivity contribution is -0.115. The van der Waals surface area contributed by atoms with Gasteiger partial charge in [0.15, 0.2) is 5.76 Å². The lowest BCUT2D eigenvalue weighted by atomic mass is 10.1. The fourth-order valence-corrected chi connectivity index (χ4v) is 2.79. The largest absolute Gasteiger partial charge is 0.402 e. The molecule has 1 heterocycles. The summed E-state index contributed by atoms with van der Waals surface area (Å²) in [7, 11) is 0. The summed E-state index contributed by atoms with van der Waals surface area (Å²) in [6, 6.07) is 1.78. The van der Waals surface area contributed by atoms with Crippen molar-refractivity contribution in [1.29, 1.82) is 0 Å². The molecule has 0 atom stereocenters. The van der Waals surface area contributed by atoms with Crippen molar-refractivity contribution >= 4 is 28.8 Å². The highest BCUT2D eigenvalue weighted by atomic mass is 32.2. The van der Waals surface area contributed by atoms with Crippen LogP contribution in [0.4, 0.5) is 0 Å². The number of nitrogens with one attached hydrogen (secondary N) is 1. The van der Waals surface area contributed by atoms with Crippen molar-refractivity contribution in [3.63, 3.8) is 0 Å². The van der Waals surface area contributed by atoms with Crippen molar-refractivity contribution in [3.05, 3.63) is 70.4 Å². The van der Waals surface area contributed by atoms with Gasteiger partial charge in [0, 0.05) is 24.1 Å². The number of carbonyl (C=O) groups excluding carboxylic acids is 1. The maximum absolute atomic E-state index is 11.8. The van der Waals surface area contributed by atoms with Gasteiger partial charge in [-0.1, -0.05) is 29.6 Å². The van der Waals surface area contributed by atoms with Crippen LogP contribution in [0.15, 0.2) is 74.2 Å². The minimum absolute atomic E-state index is 0.319. The first-order valence-electron chi connectivity index (χ1n) is 8.32. The van der Waals surface area contributed by atoms with E-state index in [2.05, 4.69) is 22.0 Å². The average molecular weight is 387 g/mol. The Bertz CT molecular complexity index is 824. The number of hydrogen-bond donors (Lipinski definition) is 2. The molecule has 0 bridgehead atoms. The van der Waals surface area contributed by atoms with Crippen molar-refractivity contribution in [2.24, 2.45) is 10.7 Å². The van der Waals surface area contributed by atoms with E-state index in [-0.39, 0.29) is 5.91 Å². The molecular weight excluding hydrogens is 360 g/mol. The zero-order chi connectivity index (χ0) is 20.4. The predicted molar refractivity (Wildman–Crippen MR) is 114 cm³/mol. The molecule has 0 aliphatic heterocycles. The second kappa shape index (κ2) is 11.0. The first-order chi connectivity index (χ1) is 12.7. The van der Waals surface area contributed by atoms with Crippen molar-refractivity contribution < 1.29 is 9.32 Å². The molecule has 1 amide bonds. The molecular formula is C20H26N4O2S. The normalized spacial score (nSPS) is 14.3. The molecule has 1 aromatic rings. The summed E-state index contributed by atoms with van der Waals surface area (Å²) < 4.78 is 5.12. The van der Waals surface area contributed by atoms with Gasteiger partial charge in [-0.05, 0) is 56.7 Å². The van der Waals surface area contributed by atoms with Gasteiger partial charge in [0.1, 0.15) is 5.82 Å². The number of carbonyl (C=O) groups is 1. The zero-order valence-corrected chi connectivity index (χ0v) is 17.2. The fourth-order valence-electron chi connectivity index (χ4n) is 1.90. The van der Waals surface area contributed by atoms with E-state index in [4.69, 9.17) is 10.3 Å². The number of allylic oxidation sites excluding steroid dienone is 6. The molecule has 7 heteroatoms. The summed E-state index contributed by atoms with van der Waals surface area (Å²) in [5.74, 6) is 0.767. The van der Waals surface area contributed by atoms with Gasteiger partial charge in [-0.15, -0.1) is 0 Å². The number of thioether (sulfide) groups is 1. The molecule has 144 valence electrons. The Morgan fingerprint density at radius 1 is 1.33 bits per heavy atom. The standard InChI is InChI=1S/C20H26N4O2S/c1-7-22-19(24-20(25)12-14(3)21)9-8-13(2)15(4)16(5)27-17(6)18-10-11-23-26-18/h7-12H,6,21H2,1-5H3,(H,24,25)/b13-8+,14-12+,16-15+,19-9+,22-7-. The van der Waals surface area contributed by atoms with Gasteiger partial charge in [-0.3, -0.25) is 4.79 Å². The van der Waals surface area contributed by atoms with Gasteiger partial charge in [0.2, 0.25) is 0 Å². The van der Waals surface area contributed by atoms with Crippen LogP contribution in [-0.4, -0.2) is 17.3 Å². The van der Waals surface area contributed by atoms with E-state index in [9.17, 15) is 4.79 Å². The fraction of sp³-hybridized carbons (Fsp3) is 0.250. The highest BCUT2D eigenvalue weighted by Gasteiger charge is 2.08. The molecule has 0 spiro atoms. The number of aromatic nitrogens is 1. The number of rotatable bonds is 8. The number of nitrogens with zero attached hydrogens (tertiary/aromatic N) is 2. The van der Waals surface area contributed by atoms with Crippen LogP contribution in [0.2, 0.25) is 0 Å². The van der Waals surface area contributed by atoms with Gasteiger partial charge >= 0.3 is 0 Å². The Hall–Kier alpha value is -2.80. The molecule has 0 saturated heterocycles. The smallest absolute Gasteiger partial charge is 0.251 e. The summed E-state index contributed by atoms with van der Waals surface area (Å²) in [6.07, 6.45) is 8.17. The Balaban J connectivity index is 2.94. The number of nitrogens with two attached hydrogens (primary N) is 1. The topological polar surface area (TPSA) is 93.5 Å². The summed E-state index contributed by atoms with van der Waals surface area (Å²) in [6.45, 7) is 13.5. The van der Waals surface area contributed by atoms with E-state index in [1.54, 1.807) is 38.4 Å². The van der Waals surface area contributed by atoms with Crippen LogP contribution in [0.3, 0.4) is 0 Å². The quantitative estimate of drug-likeness (QED) is 0.389. The Kier molecular flexibility index (Phi) is 9.08. The highest BCUT2D eigenvalue weighted by Crippen LogP contribution is 2.34. The third-order valence-corrected chi connectivity index (χ3v) is 4.54. The molecule has 6 nitrogen and oxygen atoms in total. The number of amides is 1. The average Bonchev–Trinajstić information content (AvgIpc) is 3.12. The predicted octanol–water partition coefficient (Wildman–Crippen LogP) is 4.53. The minimum atomic E-state index is -0.319. The van der Waals surface area contributed by atoms with Crippen LogP contribution in [0, 0.1) is 0 Å². The Morgan fingerprint density at radius 3 is 2.59 bits per heavy atom. The maximum Gasteiger partial charge on any atom is 0.251 e. The van der Waals surface area contributed by atoms with Crippen molar-refractivity contribution in [2.45, 2.75) is 34.6 Å². The summed E-state index contributed by atoms with van der Waals surface area (Å²) >= 11 is 1.52. The number of hydrogen-bond acceptors (Lipinski definition) is 6. The SMILES string of the molecule is C=C(S/C(C)=C(C)/C(C)=C/C=C(\N=C/C)NC(=O)/C=C(\C)N)c1ccno1. The first kappa shape index (κ1) is 22.2. The second-order valence-electron chi connectivity index (χ2n) is 5.75. The molecule has 3 N–H and O–H groups in total. The molecule has 0 saturated carbocycles. The number of aliphatic imine (C=N–C) groups is 1. The Labute approximate surface area is 164 Å². The van der Waals surface area contributed by atoms with Crippen LogP contribution < -0.4 is 11.1 Å². The van der Waals surface area contributed by atoms with Crippen LogP contribution in [0.5, 0.6) is 0 Å². The molecule has 1 rings (SSSR count). The molecule has 0 unspecified atom stereocenters. The van der Waals surface area contributed by atoms with Gasteiger partial charge in [0.25, 0.3) is 5.91 Å². The molecule has 0 aliphatic carbocycles. The first-order valence-corrected chi connectivity index (χ1v) is 9.14. The molecule has 1 aromatic heterocycles. The third kappa shape index (κ3) is 7.96. The molecule has 0 radical (unpaired) electrons. The molecule has 0 fully saturated rings. The highest BCUT2D eigenvalue weighted by molar-refractivity contribution is 8.11. The van der Waals surface area contributed by atoms with E-state index < -0.39 is 0 Å². The van der Waals surface area contributed by atoms with Gasteiger partial charge < -0.3 is 15.6 Å². The van der Waals surface area contributed by atoms with E-state index in [1.807, 2.05) is 26.8 Å². The van der Waals surface area contributed by atoms with Crippen molar-refractivity contribution in [3.8, 4) is 0 Å². The summed E-state index contributed by atoms with van der Waals surface area (Å²) in [4.78, 5) is 17.9. The Morgan fingerprint density at radius 2 is 2.04 bits per heavy atom. The minimum Gasteiger partial charge on any atom is -0.402 e. The van der Waals surface area contributed by atoms with Crippen LogP contribution in [-0.2, 0) is 4.79 Å². The van der Waals surface area contributed by atoms with Crippen LogP contribution in [0.25, 0.3) is 4.91 Å². The monoisotopic (exact) mass is 386 g/mol. The van der Waals surface area contributed by atoms with Crippen LogP contribution in [0.1, 0.15) is 40.4 Å². The van der Waals surface area contributed by atoms with Crippen molar-refractivity contribution in [1.82, 2.24) is 10.5 Å². The lowest BCUT2D eigenvalue weighted by Gasteiger charge is -2.08.